The third-order valence-corrected chi connectivity index (χ3v) is 1.84. The van der Waals surface area contributed by atoms with Crippen LogP contribution in [0.25, 0.3) is 0 Å². The largest absolute Gasteiger partial charge is 0.305 e. The topological polar surface area (TPSA) is 66.6 Å². The van der Waals surface area contributed by atoms with E-state index < -0.39 is 11.1 Å². The Bertz CT molecular complexity index is 265. The van der Waals surface area contributed by atoms with Gasteiger partial charge >= 0.3 is 0 Å². The highest BCUT2D eigenvalue weighted by atomic mass is 32.2. The number of rotatable bonds is 3. The van der Waals surface area contributed by atoms with Gasteiger partial charge in [-0.2, -0.15) is 0 Å². The average molecular weight is 186 g/mol. The number of benzene rings is 1. The van der Waals surface area contributed by atoms with Crippen LogP contribution in [0.3, 0.4) is 0 Å². The maximum atomic E-state index is 10.4. The molecule has 12 heavy (non-hydrogen) atoms. The first-order chi connectivity index (χ1) is 5.70. The molecule has 0 aliphatic rings. The van der Waals surface area contributed by atoms with Gasteiger partial charge in [0.05, 0.1) is 5.69 Å². The number of hydrogen-bond donors (Lipinski definition) is 2. The molecule has 4 nitrogen and oxygen atoms in total. The molecule has 0 saturated heterocycles. The number of hydrazine groups is 1. The van der Waals surface area contributed by atoms with Crippen molar-refractivity contribution in [2.24, 2.45) is 5.84 Å². The van der Waals surface area contributed by atoms with E-state index in [1.54, 1.807) is 12.1 Å². The molecule has 5 heteroatoms. The fourth-order valence-electron chi connectivity index (χ4n) is 0.813. The maximum absolute atomic E-state index is 10.4. The predicted octanol–water partition coefficient (Wildman–Crippen LogP) is 0.546. The van der Waals surface area contributed by atoms with Crippen molar-refractivity contribution in [3.8, 4) is 0 Å². The van der Waals surface area contributed by atoms with Gasteiger partial charge in [0.2, 0.25) is 0 Å². The third-order valence-electron chi connectivity index (χ3n) is 1.34. The summed E-state index contributed by atoms with van der Waals surface area (Å²) in [7, 11) is 0. The lowest BCUT2D eigenvalue weighted by molar-refractivity contribution is 0.562. The number of para-hydroxylation sites is 1. The van der Waals surface area contributed by atoms with Crippen LogP contribution in [-0.2, 0) is 11.1 Å². The minimum atomic E-state index is -1.90. The molecule has 0 heterocycles. The van der Waals surface area contributed by atoms with Gasteiger partial charge in [0.25, 0.3) is 0 Å². The van der Waals surface area contributed by atoms with Crippen LogP contribution in [0.1, 0.15) is 0 Å². The molecular weight excluding hydrogens is 176 g/mol. The van der Waals surface area contributed by atoms with Gasteiger partial charge in [-0.25, -0.2) is 10.1 Å². The lowest BCUT2D eigenvalue weighted by Crippen LogP contribution is -2.33. The van der Waals surface area contributed by atoms with E-state index in [0.717, 1.165) is 5.69 Å². The van der Waals surface area contributed by atoms with E-state index >= 15 is 0 Å². The van der Waals surface area contributed by atoms with Gasteiger partial charge in [0.15, 0.2) is 11.1 Å². The monoisotopic (exact) mass is 186 g/mol. The van der Waals surface area contributed by atoms with Crippen molar-refractivity contribution in [3.05, 3.63) is 30.3 Å². The second kappa shape index (κ2) is 4.20. The van der Waals surface area contributed by atoms with Crippen LogP contribution in [-0.4, -0.2) is 14.6 Å². The van der Waals surface area contributed by atoms with E-state index in [-0.39, 0.29) is 5.88 Å². The Hall–Kier alpha value is -0.910. The Labute approximate surface area is 73.2 Å². The van der Waals surface area contributed by atoms with Crippen LogP contribution < -0.4 is 10.9 Å². The standard InChI is InChI=1S/C7H10N2O2S/c8-9(6-12(10)11)7-4-2-1-3-5-7/h1-5H,6,8H2,(H,10,11). The van der Waals surface area contributed by atoms with E-state index in [2.05, 4.69) is 0 Å². The molecule has 66 valence electrons. The Morgan fingerprint density at radius 2 is 2.00 bits per heavy atom. The van der Waals surface area contributed by atoms with Gasteiger partial charge < -0.3 is 4.55 Å². The first kappa shape index (κ1) is 9.18. The average Bonchev–Trinajstić information content (AvgIpc) is 2.05. The second-order valence-corrected chi connectivity index (χ2v) is 3.16. The summed E-state index contributed by atoms with van der Waals surface area (Å²) in [6, 6.07) is 9.03. The molecule has 0 aromatic heterocycles. The van der Waals surface area contributed by atoms with Gasteiger partial charge in [-0.1, -0.05) is 18.2 Å². The second-order valence-electron chi connectivity index (χ2n) is 2.26. The summed E-state index contributed by atoms with van der Waals surface area (Å²) in [5.41, 5.74) is 0.722. The van der Waals surface area contributed by atoms with Crippen LogP contribution in [0.15, 0.2) is 30.3 Å². The van der Waals surface area contributed by atoms with Gasteiger partial charge in [0.1, 0.15) is 5.88 Å². The first-order valence-electron chi connectivity index (χ1n) is 3.35. The van der Waals surface area contributed by atoms with E-state index in [4.69, 9.17) is 10.4 Å². The predicted molar refractivity (Wildman–Crippen MR) is 48.7 cm³/mol. The quantitative estimate of drug-likeness (QED) is 0.411. The smallest absolute Gasteiger partial charge is 0.174 e. The zero-order chi connectivity index (χ0) is 8.97. The number of anilines is 1. The van der Waals surface area contributed by atoms with Crippen molar-refractivity contribution >= 4 is 16.8 Å². The Kier molecular flexibility index (Phi) is 3.21. The van der Waals surface area contributed by atoms with Crippen molar-refractivity contribution in [2.75, 3.05) is 10.9 Å². The molecule has 0 saturated carbocycles. The molecule has 1 unspecified atom stereocenters. The molecule has 1 aromatic rings. The summed E-state index contributed by atoms with van der Waals surface area (Å²) >= 11 is -1.90. The molecular formula is C7H10N2O2S. The van der Waals surface area contributed by atoms with E-state index in [0.29, 0.717) is 0 Å². The summed E-state index contributed by atoms with van der Waals surface area (Å²) in [6.45, 7) is 0. The molecule has 0 fully saturated rings. The number of nitrogens with two attached hydrogens (primary N) is 1. The molecule has 1 aromatic carbocycles. The van der Waals surface area contributed by atoms with Crippen molar-refractivity contribution in [2.45, 2.75) is 0 Å². The number of nitrogens with zero attached hydrogens (tertiary/aromatic N) is 1. The zero-order valence-corrected chi connectivity index (χ0v) is 7.20. The van der Waals surface area contributed by atoms with Crippen molar-refractivity contribution in [3.63, 3.8) is 0 Å². The molecule has 0 radical (unpaired) electrons. The van der Waals surface area contributed by atoms with Gasteiger partial charge in [-0.15, -0.1) is 0 Å². The van der Waals surface area contributed by atoms with Crippen LogP contribution in [0.5, 0.6) is 0 Å². The molecule has 0 amide bonds. The van der Waals surface area contributed by atoms with Crippen LogP contribution in [0.4, 0.5) is 5.69 Å². The highest BCUT2D eigenvalue weighted by Gasteiger charge is 2.02. The molecule has 0 aliphatic heterocycles. The zero-order valence-electron chi connectivity index (χ0n) is 6.38. The minimum Gasteiger partial charge on any atom is -0.305 e. The highest BCUT2D eigenvalue weighted by molar-refractivity contribution is 7.79. The Morgan fingerprint density at radius 3 is 2.50 bits per heavy atom. The van der Waals surface area contributed by atoms with Crippen molar-refractivity contribution in [1.29, 1.82) is 0 Å². The maximum Gasteiger partial charge on any atom is 0.174 e. The molecule has 0 aliphatic carbocycles. The fraction of sp³-hybridized carbons (Fsp3) is 0.143. The first-order valence-corrected chi connectivity index (χ1v) is 4.62. The molecule has 0 bridgehead atoms. The van der Waals surface area contributed by atoms with E-state index in [1.165, 1.54) is 5.01 Å². The Balaban J connectivity index is 2.65. The third kappa shape index (κ3) is 2.61. The van der Waals surface area contributed by atoms with E-state index in [9.17, 15) is 4.21 Å². The lowest BCUT2D eigenvalue weighted by Gasteiger charge is -2.15. The molecule has 3 N–H and O–H groups in total. The van der Waals surface area contributed by atoms with Gasteiger partial charge in [-0.3, -0.25) is 5.01 Å². The number of hydrogen-bond acceptors (Lipinski definition) is 3. The summed E-state index contributed by atoms with van der Waals surface area (Å²) in [5.74, 6) is 5.40. The normalized spacial score (nSPS) is 12.5. The summed E-state index contributed by atoms with van der Waals surface area (Å²) in [5, 5.41) is 1.23. The Morgan fingerprint density at radius 1 is 1.42 bits per heavy atom. The summed E-state index contributed by atoms with van der Waals surface area (Å²) in [6.07, 6.45) is 0. The summed E-state index contributed by atoms with van der Waals surface area (Å²) < 4.78 is 18.9. The van der Waals surface area contributed by atoms with Crippen LogP contribution in [0, 0.1) is 0 Å². The molecule has 0 spiro atoms. The van der Waals surface area contributed by atoms with Gasteiger partial charge in [0, 0.05) is 0 Å². The van der Waals surface area contributed by atoms with Gasteiger partial charge in [-0.05, 0) is 12.1 Å². The highest BCUT2D eigenvalue weighted by Crippen LogP contribution is 2.08. The lowest BCUT2D eigenvalue weighted by atomic mass is 10.3. The molecule has 1 atom stereocenters. The summed E-state index contributed by atoms with van der Waals surface area (Å²) in [4.78, 5) is 0. The van der Waals surface area contributed by atoms with Crippen LogP contribution >= 0.6 is 0 Å². The molecule has 1 rings (SSSR count). The van der Waals surface area contributed by atoms with E-state index in [1.807, 2.05) is 18.2 Å². The van der Waals surface area contributed by atoms with Crippen molar-refractivity contribution < 1.29 is 8.76 Å². The minimum absolute atomic E-state index is 0.0794. The fourth-order valence-corrected chi connectivity index (χ4v) is 1.20. The van der Waals surface area contributed by atoms with Crippen LogP contribution in [0.2, 0.25) is 0 Å². The SMILES string of the molecule is NN(CS(=O)O)c1ccccc1. The van der Waals surface area contributed by atoms with Crippen molar-refractivity contribution in [1.82, 2.24) is 0 Å².